The lowest BCUT2D eigenvalue weighted by molar-refractivity contribution is -0.117. The zero-order valence-corrected chi connectivity index (χ0v) is 23.1. The summed E-state index contributed by atoms with van der Waals surface area (Å²) in [6, 6.07) is 12.7. The van der Waals surface area contributed by atoms with Crippen molar-refractivity contribution >= 4 is 39.2 Å². The summed E-state index contributed by atoms with van der Waals surface area (Å²) >= 11 is 6.17. The Labute approximate surface area is 231 Å². The van der Waals surface area contributed by atoms with Crippen molar-refractivity contribution in [3.63, 3.8) is 0 Å². The van der Waals surface area contributed by atoms with E-state index in [0.29, 0.717) is 11.5 Å². The molecule has 0 radical (unpaired) electrons. The summed E-state index contributed by atoms with van der Waals surface area (Å²) in [4.78, 5) is 24.0. The normalized spacial score (nSPS) is 12.2. The van der Waals surface area contributed by atoms with E-state index in [9.17, 15) is 18.0 Å². The van der Waals surface area contributed by atoms with E-state index in [1.807, 2.05) is 13.8 Å². The van der Waals surface area contributed by atoms with Crippen LogP contribution in [0.15, 0.2) is 64.1 Å². The number of rotatable bonds is 14. The number of benzene rings is 2. The predicted octanol–water partition coefficient (Wildman–Crippen LogP) is 2.82. The number of primary sulfonamides is 1. The second-order valence-corrected chi connectivity index (χ2v) is 10.9. The van der Waals surface area contributed by atoms with Crippen LogP contribution in [0, 0.1) is 0 Å². The van der Waals surface area contributed by atoms with Gasteiger partial charge in [0.2, 0.25) is 15.9 Å². The van der Waals surface area contributed by atoms with E-state index in [0.717, 1.165) is 11.6 Å². The van der Waals surface area contributed by atoms with Crippen molar-refractivity contribution in [1.82, 2.24) is 5.32 Å². The molecule has 3 aromatic rings. The van der Waals surface area contributed by atoms with E-state index < -0.39 is 32.9 Å². The summed E-state index contributed by atoms with van der Waals surface area (Å²) in [6.07, 6.45) is 0.856. The average Bonchev–Trinajstić information content (AvgIpc) is 3.37. The Kier molecular flexibility index (Phi) is 10.4. The molecular weight excluding hydrogens is 548 g/mol. The maximum absolute atomic E-state index is 13.3. The maximum Gasteiger partial charge on any atom is 0.340 e. The molecule has 11 nitrogen and oxygen atoms in total. The van der Waals surface area contributed by atoms with Gasteiger partial charge in [-0.3, -0.25) is 4.79 Å². The summed E-state index contributed by atoms with van der Waals surface area (Å²) in [5.74, 6) is -0.177. The van der Waals surface area contributed by atoms with Gasteiger partial charge in [0.1, 0.15) is 29.1 Å². The fourth-order valence-corrected chi connectivity index (χ4v) is 4.59. The summed E-state index contributed by atoms with van der Waals surface area (Å²) in [7, 11) is -4.22. The minimum atomic E-state index is -4.22. The minimum absolute atomic E-state index is 0.00851. The van der Waals surface area contributed by atoms with Gasteiger partial charge in [0.05, 0.1) is 35.5 Å². The van der Waals surface area contributed by atoms with Gasteiger partial charge in [-0.2, -0.15) is 0 Å². The van der Waals surface area contributed by atoms with E-state index in [-0.39, 0.29) is 48.4 Å². The Morgan fingerprint density at radius 2 is 1.85 bits per heavy atom. The van der Waals surface area contributed by atoms with Gasteiger partial charge >= 0.3 is 5.97 Å². The molecule has 1 unspecified atom stereocenters. The van der Waals surface area contributed by atoms with Crippen molar-refractivity contribution in [2.45, 2.75) is 43.9 Å². The van der Waals surface area contributed by atoms with Crippen LogP contribution in [0.3, 0.4) is 0 Å². The number of hydrogen-bond acceptors (Lipinski definition) is 9. The van der Waals surface area contributed by atoms with Crippen LogP contribution in [-0.4, -0.2) is 45.6 Å². The lowest BCUT2D eigenvalue weighted by Gasteiger charge is -2.22. The van der Waals surface area contributed by atoms with Gasteiger partial charge in [-0.15, -0.1) is 0 Å². The van der Waals surface area contributed by atoms with Crippen molar-refractivity contribution in [1.29, 1.82) is 0 Å². The zero-order chi connectivity index (χ0) is 28.6. The molecule has 1 amide bonds. The number of carbonyl (C=O) groups excluding carboxylic acids is 2. The fourth-order valence-electron chi connectivity index (χ4n) is 3.49. The zero-order valence-electron chi connectivity index (χ0n) is 21.5. The molecule has 13 heteroatoms. The first kappa shape index (κ1) is 30.0. The van der Waals surface area contributed by atoms with Crippen molar-refractivity contribution in [3.05, 3.63) is 76.7 Å². The Morgan fingerprint density at radius 3 is 2.44 bits per heavy atom. The standard InChI is InChI=1S/C26H31ClN4O7S/c1-16(2)30-14-20(15-37-18-7-5-17(6-8-18)10-25(28)32)38-26(33)21-11-24(39(29,34)35)22(27)12-23(21)31-13-19-4-3-9-36-19/h3-9,11-12,16,20,30-31H,10,13-15H2,1-2H3,(H2,28,32)(H2,29,34,35). The van der Waals surface area contributed by atoms with E-state index in [1.165, 1.54) is 12.3 Å². The lowest BCUT2D eigenvalue weighted by Crippen LogP contribution is -2.38. The Bertz CT molecular complexity index is 1380. The van der Waals surface area contributed by atoms with Gasteiger partial charge < -0.3 is 30.3 Å². The van der Waals surface area contributed by atoms with Gasteiger partial charge in [0, 0.05) is 12.6 Å². The van der Waals surface area contributed by atoms with Crippen LogP contribution < -0.4 is 26.2 Å². The van der Waals surface area contributed by atoms with Crippen LogP contribution in [-0.2, 0) is 32.5 Å². The van der Waals surface area contributed by atoms with Gasteiger partial charge in [0.15, 0.2) is 0 Å². The highest BCUT2D eigenvalue weighted by Gasteiger charge is 2.24. The second-order valence-electron chi connectivity index (χ2n) is 8.99. The molecule has 0 saturated carbocycles. The van der Waals surface area contributed by atoms with Gasteiger partial charge in [0.25, 0.3) is 0 Å². The molecule has 1 atom stereocenters. The number of nitrogens with two attached hydrogens (primary N) is 2. The van der Waals surface area contributed by atoms with Crippen LogP contribution >= 0.6 is 11.6 Å². The number of halogens is 1. The van der Waals surface area contributed by atoms with Crippen molar-refractivity contribution in [3.8, 4) is 5.75 Å². The molecule has 6 N–H and O–H groups in total. The molecule has 2 aromatic carbocycles. The number of anilines is 1. The first-order chi connectivity index (χ1) is 18.4. The Balaban J connectivity index is 1.81. The number of ether oxygens (including phenoxy) is 2. The van der Waals surface area contributed by atoms with Crippen LogP contribution in [0.5, 0.6) is 5.75 Å². The number of carbonyl (C=O) groups is 2. The topological polar surface area (TPSA) is 176 Å². The largest absolute Gasteiger partial charge is 0.490 e. The summed E-state index contributed by atoms with van der Waals surface area (Å²) < 4.78 is 41.0. The van der Waals surface area contributed by atoms with Crippen LogP contribution in [0.2, 0.25) is 5.02 Å². The van der Waals surface area contributed by atoms with E-state index in [1.54, 1.807) is 36.4 Å². The van der Waals surface area contributed by atoms with E-state index in [4.69, 9.17) is 36.4 Å². The number of sulfonamides is 1. The Hall–Kier alpha value is -3.58. The third-order valence-corrected chi connectivity index (χ3v) is 6.77. The minimum Gasteiger partial charge on any atom is -0.490 e. The summed E-state index contributed by atoms with van der Waals surface area (Å²) in [6.45, 7) is 4.32. The highest BCUT2D eigenvalue weighted by atomic mass is 35.5. The predicted molar refractivity (Wildman–Crippen MR) is 146 cm³/mol. The Morgan fingerprint density at radius 1 is 1.13 bits per heavy atom. The van der Waals surface area contributed by atoms with Crippen LogP contribution in [0.1, 0.15) is 35.5 Å². The summed E-state index contributed by atoms with van der Waals surface area (Å²) in [5.41, 5.74) is 6.11. The molecule has 0 aliphatic rings. The van der Waals surface area contributed by atoms with Gasteiger partial charge in [-0.05, 0) is 42.0 Å². The van der Waals surface area contributed by atoms with Gasteiger partial charge in [-0.1, -0.05) is 37.6 Å². The highest BCUT2D eigenvalue weighted by molar-refractivity contribution is 7.89. The number of furan rings is 1. The number of nitrogens with one attached hydrogen (secondary N) is 2. The van der Waals surface area contributed by atoms with E-state index in [2.05, 4.69) is 10.6 Å². The SMILES string of the molecule is CC(C)NCC(COc1ccc(CC(N)=O)cc1)OC(=O)c1cc(S(N)(=O)=O)c(Cl)cc1NCc1ccco1. The molecule has 3 rings (SSSR count). The van der Waals surface area contributed by atoms with Crippen molar-refractivity contribution in [2.24, 2.45) is 10.9 Å². The van der Waals surface area contributed by atoms with Crippen LogP contribution in [0.4, 0.5) is 5.69 Å². The maximum atomic E-state index is 13.3. The molecular formula is C26H31ClN4O7S. The molecule has 0 fully saturated rings. The fraction of sp³-hybridized carbons (Fsp3) is 0.308. The van der Waals surface area contributed by atoms with Crippen molar-refractivity contribution in [2.75, 3.05) is 18.5 Å². The van der Waals surface area contributed by atoms with Crippen LogP contribution in [0.25, 0.3) is 0 Å². The van der Waals surface area contributed by atoms with E-state index >= 15 is 0 Å². The third-order valence-electron chi connectivity index (χ3n) is 5.40. The second kappa shape index (κ2) is 13.5. The number of hydrogen-bond donors (Lipinski definition) is 4. The quantitative estimate of drug-likeness (QED) is 0.209. The van der Waals surface area contributed by atoms with Gasteiger partial charge in [-0.25, -0.2) is 18.4 Å². The molecule has 39 heavy (non-hydrogen) atoms. The molecule has 1 aromatic heterocycles. The molecule has 0 spiro atoms. The first-order valence-corrected chi connectivity index (χ1v) is 13.9. The first-order valence-electron chi connectivity index (χ1n) is 12.0. The molecule has 0 aliphatic heterocycles. The monoisotopic (exact) mass is 578 g/mol. The average molecular weight is 579 g/mol. The molecule has 0 saturated heterocycles. The summed E-state index contributed by atoms with van der Waals surface area (Å²) in [5, 5.41) is 11.4. The number of esters is 1. The molecule has 0 aliphatic carbocycles. The smallest absolute Gasteiger partial charge is 0.340 e. The number of primary amides is 1. The highest BCUT2D eigenvalue weighted by Crippen LogP contribution is 2.29. The molecule has 210 valence electrons. The lowest BCUT2D eigenvalue weighted by atomic mass is 10.1. The molecule has 1 heterocycles. The number of amides is 1. The molecule has 0 bridgehead atoms. The van der Waals surface area contributed by atoms with Crippen molar-refractivity contribution < 1.29 is 31.9 Å². The third kappa shape index (κ3) is 9.29.